The minimum Gasteiger partial charge on any atom is -0.491 e. The van der Waals surface area contributed by atoms with Crippen LogP contribution in [0.2, 0.25) is 0 Å². The van der Waals surface area contributed by atoms with Gasteiger partial charge in [-0.25, -0.2) is 4.39 Å². The molecule has 17 heavy (non-hydrogen) atoms. The number of benzene rings is 1. The minimum absolute atomic E-state index is 0.216. The van der Waals surface area contributed by atoms with Gasteiger partial charge in [-0.2, -0.15) is 5.26 Å². The highest BCUT2D eigenvalue weighted by molar-refractivity contribution is 5.31. The van der Waals surface area contributed by atoms with Crippen molar-refractivity contribution < 1.29 is 9.13 Å². The zero-order chi connectivity index (χ0) is 12.8. The maximum Gasteiger partial charge on any atom is 0.165 e. The number of halogens is 1. The molecular weight excluding hydrogens is 219 g/mol. The topological polar surface area (TPSA) is 59.0 Å². The Bertz CT molecular complexity index is 414. The van der Waals surface area contributed by atoms with Crippen LogP contribution in [0.5, 0.6) is 5.75 Å². The van der Waals surface area contributed by atoms with E-state index in [4.69, 9.17) is 15.7 Å². The van der Waals surface area contributed by atoms with Gasteiger partial charge in [0.05, 0.1) is 18.6 Å². The lowest BCUT2D eigenvalue weighted by Gasteiger charge is -2.17. The Kier molecular flexibility index (Phi) is 4.92. The number of nitriles is 1. The summed E-state index contributed by atoms with van der Waals surface area (Å²) in [4.78, 5) is 0. The lowest BCUT2D eigenvalue weighted by molar-refractivity contribution is 0.321. The third kappa shape index (κ3) is 3.18. The van der Waals surface area contributed by atoms with Gasteiger partial charge < -0.3 is 10.5 Å². The van der Waals surface area contributed by atoms with Gasteiger partial charge in [0.15, 0.2) is 11.6 Å². The van der Waals surface area contributed by atoms with Gasteiger partial charge in [-0.1, -0.05) is 13.0 Å². The Hall–Kier alpha value is -1.60. The van der Waals surface area contributed by atoms with Crippen LogP contribution in [0.25, 0.3) is 0 Å². The van der Waals surface area contributed by atoms with Crippen LogP contribution in [-0.4, -0.2) is 6.61 Å². The molecule has 0 saturated carbocycles. The van der Waals surface area contributed by atoms with Gasteiger partial charge in [-0.05, 0) is 31.0 Å². The molecule has 0 heterocycles. The van der Waals surface area contributed by atoms with Crippen LogP contribution >= 0.6 is 0 Å². The van der Waals surface area contributed by atoms with E-state index in [2.05, 4.69) is 6.07 Å². The molecule has 2 unspecified atom stereocenters. The molecule has 1 aromatic carbocycles. The maximum absolute atomic E-state index is 13.6. The van der Waals surface area contributed by atoms with Gasteiger partial charge in [-0.3, -0.25) is 0 Å². The monoisotopic (exact) mass is 236 g/mol. The van der Waals surface area contributed by atoms with E-state index in [9.17, 15) is 4.39 Å². The molecule has 1 aromatic rings. The summed E-state index contributed by atoms with van der Waals surface area (Å²) < 4.78 is 18.7. The Morgan fingerprint density at radius 1 is 1.47 bits per heavy atom. The molecule has 0 aromatic heterocycles. The van der Waals surface area contributed by atoms with Gasteiger partial charge >= 0.3 is 0 Å². The summed E-state index contributed by atoms with van der Waals surface area (Å²) in [5, 5.41) is 8.92. The molecule has 0 spiro atoms. The first kappa shape index (κ1) is 13.5. The lowest BCUT2D eigenvalue weighted by atomic mass is 9.93. The van der Waals surface area contributed by atoms with Crippen molar-refractivity contribution in [1.82, 2.24) is 0 Å². The number of ether oxygens (including phenoxy) is 1. The number of rotatable bonds is 5. The fourth-order valence-electron chi connectivity index (χ4n) is 1.65. The van der Waals surface area contributed by atoms with Crippen molar-refractivity contribution in [3.8, 4) is 11.8 Å². The molecule has 1 rings (SSSR count). The van der Waals surface area contributed by atoms with Gasteiger partial charge in [0.25, 0.3) is 0 Å². The molecule has 0 bridgehead atoms. The number of hydrogen-bond acceptors (Lipinski definition) is 3. The fraction of sp³-hybridized carbons (Fsp3) is 0.462. The van der Waals surface area contributed by atoms with E-state index in [1.807, 2.05) is 6.92 Å². The van der Waals surface area contributed by atoms with Crippen molar-refractivity contribution >= 4 is 0 Å². The van der Waals surface area contributed by atoms with Crippen LogP contribution in [0.3, 0.4) is 0 Å². The van der Waals surface area contributed by atoms with E-state index in [0.29, 0.717) is 18.6 Å². The van der Waals surface area contributed by atoms with Crippen LogP contribution < -0.4 is 10.5 Å². The van der Waals surface area contributed by atoms with E-state index in [1.54, 1.807) is 19.1 Å². The van der Waals surface area contributed by atoms with Crippen molar-refractivity contribution in [1.29, 1.82) is 5.26 Å². The van der Waals surface area contributed by atoms with Crippen LogP contribution in [0.15, 0.2) is 18.2 Å². The van der Waals surface area contributed by atoms with Crippen molar-refractivity contribution in [2.75, 3.05) is 6.61 Å². The Morgan fingerprint density at radius 3 is 2.65 bits per heavy atom. The van der Waals surface area contributed by atoms with E-state index in [1.165, 1.54) is 6.07 Å². The van der Waals surface area contributed by atoms with Crippen molar-refractivity contribution in [2.45, 2.75) is 26.3 Å². The summed E-state index contributed by atoms with van der Waals surface area (Å²) >= 11 is 0. The van der Waals surface area contributed by atoms with E-state index in [0.717, 1.165) is 0 Å². The number of nitrogens with two attached hydrogens (primary N) is 1. The predicted octanol–water partition coefficient (Wildman–Crippen LogP) is 2.77. The van der Waals surface area contributed by atoms with Crippen LogP contribution in [0, 0.1) is 23.1 Å². The van der Waals surface area contributed by atoms with Crippen molar-refractivity contribution in [3.63, 3.8) is 0 Å². The van der Waals surface area contributed by atoms with Gasteiger partial charge in [0, 0.05) is 6.04 Å². The van der Waals surface area contributed by atoms with E-state index < -0.39 is 11.9 Å². The minimum atomic E-state index is -0.463. The van der Waals surface area contributed by atoms with E-state index >= 15 is 0 Å². The maximum atomic E-state index is 13.6. The molecule has 0 saturated heterocycles. The Balaban J connectivity index is 2.93. The first-order valence-electron chi connectivity index (χ1n) is 5.71. The zero-order valence-electron chi connectivity index (χ0n) is 10.1. The first-order chi connectivity index (χ1) is 8.13. The van der Waals surface area contributed by atoms with Gasteiger partial charge in [-0.15, -0.1) is 0 Å². The molecule has 4 heteroatoms. The largest absolute Gasteiger partial charge is 0.491 e. The van der Waals surface area contributed by atoms with Gasteiger partial charge in [0.1, 0.15) is 0 Å². The molecule has 2 N–H and O–H groups in total. The summed E-state index contributed by atoms with van der Waals surface area (Å²) in [5.74, 6) is -0.520. The molecule has 0 amide bonds. The molecule has 0 aliphatic carbocycles. The quantitative estimate of drug-likeness (QED) is 0.855. The fourth-order valence-corrected chi connectivity index (χ4v) is 1.65. The second kappa shape index (κ2) is 6.21. The van der Waals surface area contributed by atoms with Crippen LogP contribution in [0.4, 0.5) is 4.39 Å². The highest BCUT2D eigenvalue weighted by Gasteiger charge is 2.18. The predicted molar refractivity (Wildman–Crippen MR) is 63.9 cm³/mol. The number of hydrogen-bond donors (Lipinski definition) is 1. The molecule has 2 atom stereocenters. The summed E-state index contributed by atoms with van der Waals surface area (Å²) in [6, 6.07) is 6.27. The first-order valence-corrected chi connectivity index (χ1v) is 5.71. The smallest absolute Gasteiger partial charge is 0.165 e. The van der Waals surface area contributed by atoms with Crippen LogP contribution in [-0.2, 0) is 0 Å². The van der Waals surface area contributed by atoms with E-state index in [-0.39, 0.29) is 11.7 Å². The standard InChI is InChI=1S/C13H17FN2O/c1-3-9(8-15)13(16)10-5-6-12(17-4-2)11(14)7-10/h5-7,9,13H,3-4,16H2,1-2H3. The second-order valence-electron chi connectivity index (χ2n) is 3.79. The average molecular weight is 236 g/mol. The Morgan fingerprint density at radius 2 is 2.18 bits per heavy atom. The van der Waals surface area contributed by atoms with Crippen molar-refractivity contribution in [3.05, 3.63) is 29.6 Å². The molecule has 0 radical (unpaired) electrons. The summed E-state index contributed by atoms with van der Waals surface area (Å²) in [7, 11) is 0. The molecule has 0 aliphatic rings. The zero-order valence-corrected chi connectivity index (χ0v) is 10.1. The summed E-state index contributed by atoms with van der Waals surface area (Å²) in [6.07, 6.45) is 0.645. The lowest BCUT2D eigenvalue weighted by Crippen LogP contribution is -2.19. The van der Waals surface area contributed by atoms with Gasteiger partial charge in [0.2, 0.25) is 0 Å². The molecule has 92 valence electrons. The third-order valence-electron chi connectivity index (χ3n) is 2.68. The van der Waals surface area contributed by atoms with Crippen LogP contribution in [0.1, 0.15) is 31.9 Å². The highest BCUT2D eigenvalue weighted by Crippen LogP contribution is 2.26. The summed E-state index contributed by atoms with van der Waals surface area (Å²) in [5.41, 5.74) is 6.55. The molecule has 0 aliphatic heterocycles. The third-order valence-corrected chi connectivity index (χ3v) is 2.68. The Labute approximate surface area is 101 Å². The second-order valence-corrected chi connectivity index (χ2v) is 3.79. The molecule has 3 nitrogen and oxygen atoms in total. The molecular formula is C13H17FN2O. The SMILES string of the molecule is CCOc1ccc(C(N)C(C#N)CC)cc1F. The normalized spacial score (nSPS) is 13.8. The highest BCUT2D eigenvalue weighted by atomic mass is 19.1. The average Bonchev–Trinajstić information content (AvgIpc) is 2.33. The molecule has 0 fully saturated rings. The van der Waals surface area contributed by atoms with Crippen molar-refractivity contribution in [2.24, 2.45) is 11.7 Å². The summed E-state index contributed by atoms with van der Waals surface area (Å²) in [6.45, 7) is 4.10. The number of nitrogens with zero attached hydrogens (tertiary/aromatic N) is 1.